The lowest BCUT2D eigenvalue weighted by atomic mass is 9.63. The number of likely N-dealkylation sites (tertiary alicyclic amines) is 1. The van der Waals surface area contributed by atoms with Gasteiger partial charge in [0.1, 0.15) is 5.82 Å². The van der Waals surface area contributed by atoms with Crippen molar-refractivity contribution in [2.45, 2.75) is 71.3 Å². The number of piperidine rings is 1. The van der Waals surface area contributed by atoms with Crippen LogP contribution in [0, 0.1) is 11.2 Å². The number of hydrogen-bond donors (Lipinski definition) is 1. The minimum Gasteiger partial charge on any atom is -0.350 e. The Morgan fingerprint density at radius 3 is 2.58 bits per heavy atom. The molecule has 1 heterocycles. The third kappa shape index (κ3) is 4.28. The van der Waals surface area contributed by atoms with Crippen LogP contribution in [-0.2, 0) is 10.2 Å². The Morgan fingerprint density at radius 1 is 1.27 bits per heavy atom. The molecule has 3 rings (SSSR count). The van der Waals surface area contributed by atoms with E-state index in [1.807, 2.05) is 6.07 Å². The molecule has 0 saturated carbocycles. The number of halogens is 1. The monoisotopic (exact) mass is 360 g/mol. The number of nitrogens with one attached hydrogen (secondary N) is 1. The molecule has 1 aromatic carbocycles. The normalized spacial score (nSPS) is 22.9. The zero-order valence-electron chi connectivity index (χ0n) is 16.7. The van der Waals surface area contributed by atoms with Crippen LogP contribution in [0.4, 0.5) is 4.39 Å². The average molecular weight is 361 g/mol. The summed E-state index contributed by atoms with van der Waals surface area (Å²) in [5.74, 6) is -0.181. The molecule has 0 aromatic heterocycles. The maximum absolute atomic E-state index is 14.1. The summed E-state index contributed by atoms with van der Waals surface area (Å²) in [5.41, 5.74) is 2.69. The van der Waals surface area contributed by atoms with Crippen LogP contribution < -0.4 is 5.32 Å². The first-order chi connectivity index (χ1) is 12.2. The Hall–Kier alpha value is -1.42. The van der Waals surface area contributed by atoms with Crippen molar-refractivity contribution in [3.8, 4) is 0 Å². The van der Waals surface area contributed by atoms with Crippen molar-refractivity contribution in [3.63, 3.8) is 0 Å². The molecule has 1 fully saturated rings. The molecule has 1 aromatic rings. The van der Waals surface area contributed by atoms with Gasteiger partial charge in [-0.1, -0.05) is 26.8 Å². The van der Waals surface area contributed by atoms with Crippen LogP contribution in [-0.4, -0.2) is 30.4 Å². The summed E-state index contributed by atoms with van der Waals surface area (Å²) in [6, 6.07) is 5.17. The van der Waals surface area contributed by atoms with Gasteiger partial charge >= 0.3 is 0 Å². The third-order valence-corrected chi connectivity index (χ3v) is 6.24. The van der Waals surface area contributed by atoms with Crippen molar-refractivity contribution < 1.29 is 9.18 Å². The summed E-state index contributed by atoms with van der Waals surface area (Å²) in [7, 11) is 0. The van der Waals surface area contributed by atoms with Crippen LogP contribution >= 0.6 is 0 Å². The number of fused-ring (bicyclic) bond motifs is 2. The second kappa shape index (κ2) is 7.30. The molecular formula is C22H33FN2O. The molecule has 1 N–H and O–H groups in total. The van der Waals surface area contributed by atoms with Gasteiger partial charge in [0, 0.05) is 6.92 Å². The van der Waals surface area contributed by atoms with Gasteiger partial charge in [-0.15, -0.1) is 0 Å². The summed E-state index contributed by atoms with van der Waals surface area (Å²) in [4.78, 5) is 14.1. The SMILES string of the molecule is CC(=O)N[C@H]1CCC2(CCN(CCC(C)(C)C)CC2)c2cc(F)ccc21. The first-order valence-corrected chi connectivity index (χ1v) is 9.98. The lowest BCUT2D eigenvalue weighted by Crippen LogP contribution is -2.46. The lowest BCUT2D eigenvalue weighted by molar-refractivity contribution is -0.119. The molecule has 1 aliphatic carbocycles. The van der Waals surface area contributed by atoms with Gasteiger partial charge in [0.25, 0.3) is 0 Å². The van der Waals surface area contributed by atoms with E-state index >= 15 is 0 Å². The molecular weight excluding hydrogens is 327 g/mol. The summed E-state index contributed by atoms with van der Waals surface area (Å²) < 4.78 is 14.1. The predicted molar refractivity (Wildman–Crippen MR) is 104 cm³/mol. The number of carbonyl (C=O) groups is 1. The highest BCUT2D eigenvalue weighted by molar-refractivity contribution is 5.73. The van der Waals surface area contributed by atoms with Gasteiger partial charge in [-0.25, -0.2) is 4.39 Å². The highest BCUT2D eigenvalue weighted by Crippen LogP contribution is 2.48. The van der Waals surface area contributed by atoms with Crippen molar-refractivity contribution in [2.24, 2.45) is 5.41 Å². The van der Waals surface area contributed by atoms with E-state index in [0.29, 0.717) is 5.41 Å². The largest absolute Gasteiger partial charge is 0.350 e. The van der Waals surface area contributed by atoms with Gasteiger partial charge in [0.2, 0.25) is 5.91 Å². The molecule has 4 heteroatoms. The van der Waals surface area contributed by atoms with E-state index in [1.165, 1.54) is 12.5 Å². The average Bonchev–Trinajstić information content (AvgIpc) is 2.56. The van der Waals surface area contributed by atoms with Crippen molar-refractivity contribution >= 4 is 5.91 Å². The molecule has 1 amide bonds. The van der Waals surface area contributed by atoms with Crippen molar-refractivity contribution in [1.82, 2.24) is 10.2 Å². The fraction of sp³-hybridized carbons (Fsp3) is 0.682. The highest BCUT2D eigenvalue weighted by Gasteiger charge is 2.42. The fourth-order valence-electron chi connectivity index (χ4n) is 4.62. The van der Waals surface area contributed by atoms with Gasteiger partial charge < -0.3 is 10.2 Å². The third-order valence-electron chi connectivity index (χ3n) is 6.24. The summed E-state index contributed by atoms with van der Waals surface area (Å²) in [6.07, 6.45) is 5.35. The number of rotatable bonds is 3. The van der Waals surface area contributed by atoms with E-state index in [2.05, 4.69) is 31.0 Å². The van der Waals surface area contributed by atoms with E-state index in [0.717, 1.165) is 56.4 Å². The van der Waals surface area contributed by atoms with Crippen LogP contribution in [0.1, 0.15) is 77.0 Å². The Bertz CT molecular complexity index is 657. The molecule has 0 unspecified atom stereocenters. The first kappa shape index (κ1) is 19.3. The van der Waals surface area contributed by atoms with Gasteiger partial charge in [-0.2, -0.15) is 0 Å². The highest BCUT2D eigenvalue weighted by atomic mass is 19.1. The minimum atomic E-state index is -0.165. The van der Waals surface area contributed by atoms with Crippen molar-refractivity contribution in [3.05, 3.63) is 35.1 Å². The number of nitrogens with zero attached hydrogens (tertiary/aromatic N) is 1. The second-order valence-corrected chi connectivity index (χ2v) is 9.46. The van der Waals surface area contributed by atoms with Gasteiger partial charge in [0.15, 0.2) is 0 Å². The Labute approximate surface area is 157 Å². The molecule has 1 saturated heterocycles. The molecule has 2 aliphatic rings. The van der Waals surface area contributed by atoms with Gasteiger partial charge in [0.05, 0.1) is 6.04 Å². The standard InChI is InChI=1S/C22H33FN2O/c1-16(26)24-20-7-8-22(19-15-17(23)5-6-18(19)20)10-13-25(14-11-22)12-9-21(2,3)4/h5-6,15,20H,7-14H2,1-4H3,(H,24,26)/t20-/m0/s1. The molecule has 144 valence electrons. The number of carbonyl (C=O) groups excluding carboxylic acids is 1. The van der Waals surface area contributed by atoms with Gasteiger partial charge in [-0.05, 0) is 85.8 Å². The Morgan fingerprint density at radius 2 is 1.96 bits per heavy atom. The van der Waals surface area contributed by atoms with Crippen LogP contribution in [0.2, 0.25) is 0 Å². The zero-order chi connectivity index (χ0) is 18.9. The molecule has 1 spiro atoms. The molecule has 0 radical (unpaired) electrons. The number of amides is 1. The molecule has 26 heavy (non-hydrogen) atoms. The molecule has 1 aliphatic heterocycles. The predicted octanol–water partition coefficient (Wildman–Crippen LogP) is 4.57. The Kier molecular flexibility index (Phi) is 5.43. The maximum atomic E-state index is 14.1. The minimum absolute atomic E-state index is 0.0155. The van der Waals surface area contributed by atoms with Crippen molar-refractivity contribution in [2.75, 3.05) is 19.6 Å². The number of hydrogen-bond acceptors (Lipinski definition) is 2. The van der Waals surface area contributed by atoms with E-state index in [4.69, 9.17) is 0 Å². The van der Waals surface area contributed by atoms with Crippen LogP contribution in [0.3, 0.4) is 0 Å². The van der Waals surface area contributed by atoms with Gasteiger partial charge in [-0.3, -0.25) is 4.79 Å². The maximum Gasteiger partial charge on any atom is 0.217 e. The topological polar surface area (TPSA) is 32.3 Å². The fourth-order valence-corrected chi connectivity index (χ4v) is 4.62. The summed E-state index contributed by atoms with van der Waals surface area (Å²) in [5, 5.41) is 3.05. The Balaban J connectivity index is 1.77. The quantitative estimate of drug-likeness (QED) is 0.856. The van der Waals surface area contributed by atoms with Crippen molar-refractivity contribution in [1.29, 1.82) is 0 Å². The van der Waals surface area contributed by atoms with E-state index < -0.39 is 0 Å². The van der Waals surface area contributed by atoms with E-state index in [9.17, 15) is 9.18 Å². The number of benzene rings is 1. The first-order valence-electron chi connectivity index (χ1n) is 9.98. The smallest absolute Gasteiger partial charge is 0.217 e. The summed E-state index contributed by atoms with van der Waals surface area (Å²) in [6.45, 7) is 11.7. The second-order valence-electron chi connectivity index (χ2n) is 9.46. The lowest BCUT2D eigenvalue weighted by Gasteiger charge is -2.47. The van der Waals surface area contributed by atoms with Crippen LogP contribution in [0.15, 0.2) is 18.2 Å². The zero-order valence-corrected chi connectivity index (χ0v) is 16.7. The van der Waals surface area contributed by atoms with E-state index in [-0.39, 0.29) is 23.2 Å². The molecule has 1 atom stereocenters. The molecule has 3 nitrogen and oxygen atoms in total. The summed E-state index contributed by atoms with van der Waals surface area (Å²) >= 11 is 0. The van der Waals surface area contributed by atoms with Crippen LogP contribution in [0.25, 0.3) is 0 Å². The molecule has 0 bridgehead atoms. The van der Waals surface area contributed by atoms with E-state index in [1.54, 1.807) is 13.0 Å². The van der Waals surface area contributed by atoms with Crippen LogP contribution in [0.5, 0.6) is 0 Å².